The third-order valence-corrected chi connectivity index (χ3v) is 3.20. The highest BCUT2D eigenvalue weighted by atomic mass is 16.5. The molecule has 0 aromatic carbocycles. The zero-order valence-electron chi connectivity index (χ0n) is 10.2. The number of imidazole rings is 1. The van der Waals surface area contributed by atoms with Crippen molar-refractivity contribution in [3.8, 4) is 0 Å². The largest absolute Gasteiger partial charge is 0.388 e. The predicted molar refractivity (Wildman–Crippen MR) is 65.6 cm³/mol. The number of aromatic amines is 1. The molecule has 0 aliphatic carbocycles. The quantitative estimate of drug-likeness (QED) is 0.378. The van der Waals surface area contributed by atoms with Crippen LogP contribution in [-0.4, -0.2) is 59.8 Å². The first-order chi connectivity index (χ1) is 9.49. The summed E-state index contributed by atoms with van der Waals surface area (Å²) in [4.78, 5) is 21.8. The predicted octanol–water partition coefficient (Wildman–Crippen LogP) is -2.69. The fraction of sp³-hybridized carbons (Fsp3) is 0.500. The molecule has 4 atom stereocenters. The molecule has 10 heteroatoms. The van der Waals surface area contributed by atoms with Gasteiger partial charge in [0, 0.05) is 0 Å². The van der Waals surface area contributed by atoms with E-state index in [1.54, 1.807) is 0 Å². The van der Waals surface area contributed by atoms with Crippen molar-refractivity contribution in [2.24, 2.45) is 0 Å². The van der Waals surface area contributed by atoms with E-state index in [0.29, 0.717) is 0 Å². The molecule has 0 radical (unpaired) electrons. The van der Waals surface area contributed by atoms with Crippen LogP contribution in [0.4, 0.5) is 5.95 Å². The molecule has 1 aliphatic heterocycles. The van der Waals surface area contributed by atoms with E-state index in [2.05, 4.69) is 15.0 Å². The first kappa shape index (κ1) is 13.0. The van der Waals surface area contributed by atoms with E-state index < -0.39 is 30.1 Å². The molecule has 0 saturated carbocycles. The summed E-state index contributed by atoms with van der Waals surface area (Å²) in [5, 5.41) is 29.0. The molecule has 4 unspecified atom stereocenters. The molecule has 2 aromatic rings. The number of ether oxygens (including phenoxy) is 1. The van der Waals surface area contributed by atoms with Gasteiger partial charge in [-0.15, -0.1) is 0 Å². The van der Waals surface area contributed by atoms with E-state index in [4.69, 9.17) is 10.5 Å². The van der Waals surface area contributed by atoms with Crippen LogP contribution in [0, 0.1) is 0 Å². The van der Waals surface area contributed by atoms with Crippen molar-refractivity contribution in [1.82, 2.24) is 19.5 Å². The number of nitrogens with two attached hydrogens (primary N) is 1. The van der Waals surface area contributed by atoms with Crippen LogP contribution in [-0.2, 0) is 4.74 Å². The Morgan fingerprint density at radius 2 is 2.15 bits per heavy atom. The van der Waals surface area contributed by atoms with Gasteiger partial charge in [-0.2, -0.15) is 4.98 Å². The SMILES string of the molecule is Nc1nc2c(ncn2C2OCC(O)C(O)C2O)c(=O)[nH]1. The monoisotopic (exact) mass is 283 g/mol. The second-order valence-electron chi connectivity index (χ2n) is 4.55. The van der Waals surface area contributed by atoms with E-state index in [-0.39, 0.29) is 23.7 Å². The Morgan fingerprint density at radius 3 is 2.90 bits per heavy atom. The fourth-order valence-corrected chi connectivity index (χ4v) is 2.16. The molecule has 3 rings (SSSR count). The summed E-state index contributed by atoms with van der Waals surface area (Å²) < 4.78 is 6.57. The standard InChI is InChI=1S/C10H13N5O5/c11-10-13-7-4(8(19)14-10)12-2-15(7)9-6(18)5(17)3(16)1-20-9/h2-3,5-6,9,16-18H,1H2,(H3,11,13,14,19). The Kier molecular flexibility index (Phi) is 2.94. The minimum Gasteiger partial charge on any atom is -0.388 e. The van der Waals surface area contributed by atoms with Crippen molar-refractivity contribution in [2.75, 3.05) is 12.3 Å². The Bertz CT molecular complexity index is 697. The van der Waals surface area contributed by atoms with Crippen molar-refractivity contribution >= 4 is 17.1 Å². The van der Waals surface area contributed by atoms with Gasteiger partial charge in [-0.1, -0.05) is 0 Å². The van der Waals surface area contributed by atoms with Gasteiger partial charge in [-0.05, 0) is 0 Å². The number of nitrogen functional groups attached to an aromatic ring is 1. The van der Waals surface area contributed by atoms with Crippen LogP contribution in [0.5, 0.6) is 0 Å². The molecule has 1 fully saturated rings. The smallest absolute Gasteiger partial charge is 0.280 e. The Hall–Kier alpha value is -2.01. The number of rotatable bonds is 1. The topological polar surface area (TPSA) is 160 Å². The number of hydrogen-bond acceptors (Lipinski definition) is 8. The highest BCUT2D eigenvalue weighted by molar-refractivity contribution is 5.70. The normalized spacial score (nSPS) is 30.8. The summed E-state index contributed by atoms with van der Waals surface area (Å²) in [5.74, 6) is -0.102. The number of anilines is 1. The second kappa shape index (κ2) is 4.52. The van der Waals surface area contributed by atoms with Gasteiger partial charge in [0.15, 0.2) is 17.4 Å². The van der Waals surface area contributed by atoms with Gasteiger partial charge >= 0.3 is 0 Å². The summed E-state index contributed by atoms with van der Waals surface area (Å²) in [7, 11) is 0. The molecule has 0 bridgehead atoms. The maximum atomic E-state index is 11.6. The molecule has 6 N–H and O–H groups in total. The second-order valence-corrected chi connectivity index (χ2v) is 4.55. The number of aliphatic hydroxyl groups excluding tert-OH is 3. The lowest BCUT2D eigenvalue weighted by atomic mass is 10.0. The highest BCUT2D eigenvalue weighted by Crippen LogP contribution is 2.26. The van der Waals surface area contributed by atoms with Gasteiger partial charge in [0.1, 0.15) is 18.3 Å². The number of fused-ring (bicyclic) bond motifs is 1. The van der Waals surface area contributed by atoms with Crippen LogP contribution < -0.4 is 11.3 Å². The molecule has 108 valence electrons. The van der Waals surface area contributed by atoms with Gasteiger partial charge < -0.3 is 25.8 Å². The average Bonchev–Trinajstić information content (AvgIpc) is 2.80. The molecule has 10 nitrogen and oxygen atoms in total. The van der Waals surface area contributed by atoms with Crippen LogP contribution in [0.1, 0.15) is 6.23 Å². The van der Waals surface area contributed by atoms with E-state index in [1.807, 2.05) is 0 Å². The molecule has 0 amide bonds. The summed E-state index contributed by atoms with van der Waals surface area (Å²) in [6.07, 6.45) is -3.71. The number of H-pyrrole nitrogens is 1. The van der Waals surface area contributed by atoms with Gasteiger partial charge in [-0.3, -0.25) is 14.3 Å². The van der Waals surface area contributed by atoms with Crippen molar-refractivity contribution in [1.29, 1.82) is 0 Å². The lowest BCUT2D eigenvalue weighted by molar-refractivity contribution is -0.210. The third kappa shape index (κ3) is 1.86. The average molecular weight is 283 g/mol. The first-order valence-electron chi connectivity index (χ1n) is 5.87. The number of nitrogens with zero attached hydrogens (tertiary/aromatic N) is 3. The van der Waals surface area contributed by atoms with Crippen molar-refractivity contribution in [3.05, 3.63) is 16.7 Å². The van der Waals surface area contributed by atoms with Crippen molar-refractivity contribution < 1.29 is 20.1 Å². The van der Waals surface area contributed by atoms with E-state index in [0.717, 1.165) is 0 Å². The van der Waals surface area contributed by atoms with Crippen molar-refractivity contribution in [3.63, 3.8) is 0 Å². The molecule has 20 heavy (non-hydrogen) atoms. The van der Waals surface area contributed by atoms with Crippen LogP contribution in [0.3, 0.4) is 0 Å². The molecule has 1 aliphatic rings. The minimum atomic E-state index is -1.39. The Labute approximate surface area is 111 Å². The van der Waals surface area contributed by atoms with Crippen molar-refractivity contribution in [2.45, 2.75) is 24.5 Å². The molecule has 0 spiro atoms. The third-order valence-electron chi connectivity index (χ3n) is 3.20. The fourth-order valence-electron chi connectivity index (χ4n) is 2.16. The summed E-state index contributed by atoms with van der Waals surface area (Å²) in [5.41, 5.74) is 5.11. The lowest BCUT2D eigenvalue weighted by Crippen LogP contribution is -2.50. The zero-order valence-corrected chi connectivity index (χ0v) is 10.2. The molecule has 3 heterocycles. The maximum Gasteiger partial charge on any atom is 0.280 e. The van der Waals surface area contributed by atoms with Gasteiger partial charge in [0.2, 0.25) is 5.95 Å². The Balaban J connectivity index is 2.09. The number of aromatic nitrogens is 4. The van der Waals surface area contributed by atoms with Crippen LogP contribution in [0.2, 0.25) is 0 Å². The first-order valence-corrected chi connectivity index (χ1v) is 5.87. The number of hydrogen-bond donors (Lipinski definition) is 5. The molecule has 2 aromatic heterocycles. The van der Waals surface area contributed by atoms with E-state index >= 15 is 0 Å². The summed E-state index contributed by atoms with van der Waals surface area (Å²) in [6, 6.07) is 0. The summed E-state index contributed by atoms with van der Waals surface area (Å²) >= 11 is 0. The maximum absolute atomic E-state index is 11.6. The zero-order chi connectivity index (χ0) is 14.4. The van der Waals surface area contributed by atoms with E-state index in [1.165, 1.54) is 10.9 Å². The summed E-state index contributed by atoms with van der Waals surface area (Å²) in [6.45, 7) is -0.165. The highest BCUT2D eigenvalue weighted by Gasteiger charge is 2.39. The van der Waals surface area contributed by atoms with Crippen LogP contribution >= 0.6 is 0 Å². The van der Waals surface area contributed by atoms with Gasteiger partial charge in [0.25, 0.3) is 5.56 Å². The molecular formula is C10H13N5O5. The minimum absolute atomic E-state index is 0.0376. The van der Waals surface area contributed by atoms with Crippen LogP contribution in [0.15, 0.2) is 11.1 Å². The number of nitrogens with one attached hydrogen (secondary N) is 1. The van der Waals surface area contributed by atoms with Gasteiger partial charge in [0.05, 0.1) is 12.9 Å². The van der Waals surface area contributed by atoms with E-state index in [9.17, 15) is 20.1 Å². The van der Waals surface area contributed by atoms with Gasteiger partial charge in [-0.25, -0.2) is 4.98 Å². The Morgan fingerprint density at radius 1 is 1.40 bits per heavy atom. The van der Waals surface area contributed by atoms with Crippen LogP contribution in [0.25, 0.3) is 11.2 Å². The molecule has 1 saturated heterocycles. The molecular weight excluding hydrogens is 270 g/mol. The number of aliphatic hydroxyl groups is 3. The lowest BCUT2D eigenvalue weighted by Gasteiger charge is -2.35.